The third-order valence-corrected chi connectivity index (χ3v) is 4.27. The maximum Gasteiger partial charge on any atom is 0.243 e. The third kappa shape index (κ3) is 4.16. The predicted octanol–water partition coefficient (Wildman–Crippen LogP) is 3.59. The van der Waals surface area contributed by atoms with Gasteiger partial charge >= 0.3 is 0 Å². The number of amides is 1. The normalized spacial score (nSPS) is 13.0. The molecule has 2 atom stereocenters. The van der Waals surface area contributed by atoms with Crippen LogP contribution in [-0.4, -0.2) is 29.9 Å². The van der Waals surface area contributed by atoms with Crippen molar-refractivity contribution in [3.8, 4) is 0 Å². The minimum atomic E-state index is -0.460. The van der Waals surface area contributed by atoms with Crippen LogP contribution in [0.5, 0.6) is 0 Å². The maximum absolute atomic E-state index is 12.9. The molecule has 3 rings (SSSR count). The first-order valence-electron chi connectivity index (χ1n) is 8.65. The highest BCUT2D eigenvalue weighted by Gasteiger charge is 2.27. The Labute approximate surface area is 154 Å². The molecule has 1 aromatic heterocycles. The lowest BCUT2D eigenvalue weighted by Gasteiger charge is -2.27. The van der Waals surface area contributed by atoms with Gasteiger partial charge in [0.15, 0.2) is 0 Å². The molecule has 0 aliphatic carbocycles. The van der Waals surface area contributed by atoms with E-state index in [1.165, 1.54) is 0 Å². The first-order chi connectivity index (χ1) is 12.7. The van der Waals surface area contributed by atoms with E-state index in [-0.39, 0.29) is 11.9 Å². The van der Waals surface area contributed by atoms with Crippen LogP contribution in [0.3, 0.4) is 0 Å². The van der Waals surface area contributed by atoms with Crippen molar-refractivity contribution in [1.29, 1.82) is 0 Å². The summed E-state index contributed by atoms with van der Waals surface area (Å²) >= 11 is 0. The number of hydrogen-bond donors (Lipinski definition) is 1. The molecule has 2 aromatic carbocycles. The van der Waals surface area contributed by atoms with Crippen LogP contribution >= 0.6 is 0 Å². The third-order valence-electron chi connectivity index (χ3n) is 4.27. The van der Waals surface area contributed by atoms with E-state index in [1.807, 2.05) is 66.7 Å². The van der Waals surface area contributed by atoms with E-state index in [4.69, 9.17) is 0 Å². The zero-order chi connectivity index (χ0) is 18.4. The number of aromatic nitrogens is 1. The van der Waals surface area contributed by atoms with Crippen molar-refractivity contribution in [3.05, 3.63) is 102 Å². The molecule has 132 valence electrons. The molecule has 0 saturated carbocycles. The highest BCUT2D eigenvalue weighted by atomic mass is 16.2. The van der Waals surface area contributed by atoms with Gasteiger partial charge in [-0.15, -0.1) is 0 Å². The summed E-state index contributed by atoms with van der Waals surface area (Å²) in [6, 6.07) is 25.1. The summed E-state index contributed by atoms with van der Waals surface area (Å²) in [5.74, 6) is 0.00747. The second-order valence-electron chi connectivity index (χ2n) is 6.34. The Morgan fingerprint density at radius 2 is 1.42 bits per heavy atom. The summed E-state index contributed by atoms with van der Waals surface area (Å²) < 4.78 is 0. The van der Waals surface area contributed by atoms with Gasteiger partial charge in [-0.2, -0.15) is 0 Å². The molecule has 4 nitrogen and oxygen atoms in total. The van der Waals surface area contributed by atoms with Crippen LogP contribution in [0.15, 0.2) is 85.1 Å². The van der Waals surface area contributed by atoms with Crippen molar-refractivity contribution in [3.63, 3.8) is 0 Å². The summed E-state index contributed by atoms with van der Waals surface area (Å²) in [4.78, 5) is 19.0. The number of hydrogen-bond acceptors (Lipinski definition) is 3. The lowest BCUT2D eigenvalue weighted by molar-refractivity contribution is -0.131. The molecule has 3 aromatic rings. The van der Waals surface area contributed by atoms with Crippen molar-refractivity contribution in [2.45, 2.75) is 12.1 Å². The van der Waals surface area contributed by atoms with Gasteiger partial charge in [-0.1, -0.05) is 66.7 Å². The van der Waals surface area contributed by atoms with E-state index < -0.39 is 6.04 Å². The van der Waals surface area contributed by atoms with Crippen LogP contribution in [-0.2, 0) is 4.79 Å². The van der Waals surface area contributed by atoms with Gasteiger partial charge in [-0.05, 0) is 23.3 Å². The lowest BCUT2D eigenvalue weighted by atomic mass is 9.99. The molecule has 0 radical (unpaired) electrons. The summed E-state index contributed by atoms with van der Waals surface area (Å²) in [6.45, 7) is 0. The average Bonchev–Trinajstić information content (AvgIpc) is 2.70. The van der Waals surface area contributed by atoms with E-state index >= 15 is 0 Å². The Kier molecular flexibility index (Phi) is 5.77. The molecule has 0 aliphatic heterocycles. The molecule has 0 fully saturated rings. The van der Waals surface area contributed by atoms with Crippen LogP contribution in [0, 0.1) is 0 Å². The predicted molar refractivity (Wildman–Crippen MR) is 104 cm³/mol. The Morgan fingerprint density at radius 3 is 1.96 bits per heavy atom. The second-order valence-corrected chi connectivity index (χ2v) is 6.34. The maximum atomic E-state index is 12.9. The van der Waals surface area contributed by atoms with Crippen LogP contribution in [0.4, 0.5) is 0 Å². The Hall–Kier alpha value is -2.98. The van der Waals surface area contributed by atoms with Gasteiger partial charge in [0.05, 0.1) is 11.7 Å². The quantitative estimate of drug-likeness (QED) is 0.742. The minimum absolute atomic E-state index is 0.00747. The zero-order valence-electron chi connectivity index (χ0n) is 15.0. The van der Waals surface area contributed by atoms with Gasteiger partial charge in [-0.3, -0.25) is 15.1 Å². The average molecular weight is 345 g/mol. The van der Waals surface area contributed by atoms with Gasteiger partial charge in [-0.25, -0.2) is 0 Å². The topological polar surface area (TPSA) is 45.2 Å². The van der Waals surface area contributed by atoms with Gasteiger partial charge in [0.2, 0.25) is 5.91 Å². The first kappa shape index (κ1) is 17.8. The molecule has 1 heterocycles. The highest BCUT2D eigenvalue weighted by molar-refractivity contribution is 5.83. The van der Waals surface area contributed by atoms with Gasteiger partial charge in [0, 0.05) is 20.3 Å². The largest absolute Gasteiger partial charge is 0.347 e. The van der Waals surface area contributed by atoms with Crippen LogP contribution in [0.2, 0.25) is 0 Å². The lowest BCUT2D eigenvalue weighted by Crippen LogP contribution is -2.39. The summed E-state index contributed by atoms with van der Waals surface area (Å²) in [5, 5.41) is 3.53. The van der Waals surface area contributed by atoms with Crippen LogP contribution in [0.25, 0.3) is 0 Å². The number of carbonyl (C=O) groups is 1. The van der Waals surface area contributed by atoms with Crippen molar-refractivity contribution in [1.82, 2.24) is 15.2 Å². The number of rotatable bonds is 6. The molecule has 0 saturated heterocycles. The SMILES string of the molecule is CN(C)C(=O)[C@H](N[C@@H](c1ccccc1)c1ccccn1)c1ccccc1. The summed E-state index contributed by atoms with van der Waals surface area (Å²) in [5.41, 5.74) is 2.88. The molecule has 0 unspecified atom stereocenters. The molecule has 0 bridgehead atoms. The molecule has 0 spiro atoms. The molecule has 1 amide bonds. The van der Waals surface area contributed by atoms with Crippen LogP contribution < -0.4 is 5.32 Å². The fourth-order valence-corrected chi connectivity index (χ4v) is 2.93. The van der Waals surface area contributed by atoms with E-state index in [0.29, 0.717) is 0 Å². The number of nitrogens with zero attached hydrogens (tertiary/aromatic N) is 2. The van der Waals surface area contributed by atoms with Gasteiger partial charge in [0.1, 0.15) is 6.04 Å². The van der Waals surface area contributed by atoms with Crippen molar-refractivity contribution in [2.75, 3.05) is 14.1 Å². The highest BCUT2D eigenvalue weighted by Crippen LogP contribution is 2.25. The summed E-state index contributed by atoms with van der Waals surface area (Å²) in [6.07, 6.45) is 1.78. The molecule has 1 N–H and O–H groups in total. The number of pyridine rings is 1. The van der Waals surface area contributed by atoms with Crippen molar-refractivity contribution < 1.29 is 4.79 Å². The Balaban J connectivity index is 2.01. The number of carbonyl (C=O) groups excluding carboxylic acids is 1. The van der Waals surface area contributed by atoms with E-state index in [9.17, 15) is 4.79 Å². The van der Waals surface area contributed by atoms with Gasteiger partial charge < -0.3 is 4.90 Å². The van der Waals surface area contributed by atoms with Crippen molar-refractivity contribution in [2.24, 2.45) is 0 Å². The fraction of sp³-hybridized carbons (Fsp3) is 0.182. The number of likely N-dealkylation sites (N-methyl/N-ethyl adjacent to an activating group) is 1. The van der Waals surface area contributed by atoms with E-state index in [1.54, 1.807) is 25.2 Å². The Morgan fingerprint density at radius 1 is 0.846 bits per heavy atom. The molecule has 0 aliphatic rings. The first-order valence-corrected chi connectivity index (χ1v) is 8.65. The minimum Gasteiger partial charge on any atom is -0.347 e. The van der Waals surface area contributed by atoms with Crippen molar-refractivity contribution >= 4 is 5.91 Å². The second kappa shape index (κ2) is 8.41. The molecular weight excluding hydrogens is 322 g/mol. The molecule has 26 heavy (non-hydrogen) atoms. The zero-order valence-corrected chi connectivity index (χ0v) is 15.0. The standard InChI is InChI=1S/C22H23N3O/c1-25(2)22(26)21(18-13-7-4-8-14-18)24-20(17-11-5-3-6-12-17)19-15-9-10-16-23-19/h3-16,20-21,24H,1-2H3/t20-,21+/m0/s1. The van der Waals surface area contributed by atoms with E-state index in [0.717, 1.165) is 16.8 Å². The smallest absolute Gasteiger partial charge is 0.243 e. The van der Waals surface area contributed by atoms with Crippen LogP contribution in [0.1, 0.15) is 28.9 Å². The molecular formula is C22H23N3O. The van der Waals surface area contributed by atoms with Gasteiger partial charge in [0.25, 0.3) is 0 Å². The molecule has 4 heteroatoms. The van der Waals surface area contributed by atoms with E-state index in [2.05, 4.69) is 22.4 Å². The monoisotopic (exact) mass is 345 g/mol. The summed E-state index contributed by atoms with van der Waals surface area (Å²) in [7, 11) is 3.55. The Bertz CT molecular complexity index is 780. The fourth-order valence-electron chi connectivity index (χ4n) is 2.93. The number of nitrogens with one attached hydrogen (secondary N) is 1. The number of benzene rings is 2.